The minimum absolute atomic E-state index is 0. The van der Waals surface area contributed by atoms with Gasteiger partial charge in [0.05, 0.1) is 5.69 Å². The fraction of sp³-hybridized carbons (Fsp3) is 0.194. The molecule has 1 aliphatic rings. The van der Waals surface area contributed by atoms with Gasteiger partial charge in [0.1, 0.15) is 11.3 Å². The first-order valence-corrected chi connectivity index (χ1v) is 12.6. The summed E-state index contributed by atoms with van der Waals surface area (Å²) in [5.74, 6) is 0.791. The van der Waals surface area contributed by atoms with Gasteiger partial charge in [-0.25, -0.2) is 9.97 Å². The van der Waals surface area contributed by atoms with Crippen molar-refractivity contribution in [2.45, 2.75) is 24.8 Å². The lowest BCUT2D eigenvalue weighted by molar-refractivity contribution is 0.0827. The second kappa shape index (κ2) is 10.0. The van der Waals surface area contributed by atoms with E-state index in [1.54, 1.807) is 19.0 Å². The molecule has 1 aliphatic carbocycles. The van der Waals surface area contributed by atoms with Crippen molar-refractivity contribution in [2.24, 2.45) is 5.73 Å². The summed E-state index contributed by atoms with van der Waals surface area (Å²) in [5, 5.41) is 0. The number of hydrogen-bond donors (Lipinski definition) is 1. The summed E-state index contributed by atoms with van der Waals surface area (Å²) < 4.78 is 2.11. The molecule has 6 nitrogen and oxygen atoms in total. The summed E-state index contributed by atoms with van der Waals surface area (Å²) >= 11 is 0. The molecule has 2 aromatic heterocycles. The highest BCUT2D eigenvalue weighted by molar-refractivity contribution is 5.95. The zero-order chi connectivity index (χ0) is 25.6. The molecular formula is C31H30ClN5O. The summed E-state index contributed by atoms with van der Waals surface area (Å²) in [7, 11) is 3.51. The van der Waals surface area contributed by atoms with Gasteiger partial charge in [0.15, 0.2) is 5.65 Å². The van der Waals surface area contributed by atoms with Gasteiger partial charge >= 0.3 is 0 Å². The maximum Gasteiger partial charge on any atom is 0.253 e. The Kier molecular flexibility index (Phi) is 6.78. The van der Waals surface area contributed by atoms with Gasteiger partial charge in [0.25, 0.3) is 5.91 Å². The van der Waals surface area contributed by atoms with Gasteiger partial charge in [-0.15, -0.1) is 12.4 Å². The van der Waals surface area contributed by atoms with E-state index in [1.807, 2.05) is 54.6 Å². The van der Waals surface area contributed by atoms with Crippen LogP contribution in [0.5, 0.6) is 0 Å². The van der Waals surface area contributed by atoms with Crippen molar-refractivity contribution in [1.29, 1.82) is 0 Å². The van der Waals surface area contributed by atoms with Crippen LogP contribution < -0.4 is 5.73 Å². The smallest absolute Gasteiger partial charge is 0.253 e. The lowest BCUT2D eigenvalue weighted by atomic mass is 9.73. The molecule has 1 saturated carbocycles. The number of pyridine rings is 1. The molecule has 0 bridgehead atoms. The van der Waals surface area contributed by atoms with E-state index in [-0.39, 0.29) is 23.9 Å². The molecule has 5 aromatic rings. The number of rotatable bonds is 5. The van der Waals surface area contributed by atoms with E-state index in [2.05, 4.69) is 41.0 Å². The molecule has 0 unspecified atom stereocenters. The van der Waals surface area contributed by atoms with Crippen LogP contribution in [0.4, 0.5) is 0 Å². The van der Waals surface area contributed by atoms with Crippen LogP contribution in [-0.4, -0.2) is 39.4 Å². The summed E-state index contributed by atoms with van der Waals surface area (Å²) in [6.07, 6.45) is 3.22. The molecule has 0 radical (unpaired) electrons. The van der Waals surface area contributed by atoms with E-state index in [0.29, 0.717) is 5.56 Å². The molecule has 0 aliphatic heterocycles. The average Bonchev–Trinajstić information content (AvgIpc) is 3.31. The van der Waals surface area contributed by atoms with Crippen LogP contribution in [0.15, 0.2) is 91.0 Å². The van der Waals surface area contributed by atoms with Crippen molar-refractivity contribution in [1.82, 2.24) is 19.4 Å². The Hall–Kier alpha value is -4.00. The third-order valence-electron chi connectivity index (χ3n) is 7.29. The second-order valence-corrected chi connectivity index (χ2v) is 10.0. The molecule has 38 heavy (non-hydrogen) atoms. The Bertz CT molecular complexity index is 1610. The predicted molar refractivity (Wildman–Crippen MR) is 155 cm³/mol. The first kappa shape index (κ1) is 25.6. The number of carbonyl (C=O) groups is 1. The third-order valence-corrected chi connectivity index (χ3v) is 7.29. The first-order chi connectivity index (χ1) is 17.9. The lowest BCUT2D eigenvalue weighted by Crippen LogP contribution is -2.43. The van der Waals surface area contributed by atoms with E-state index < -0.39 is 0 Å². The SMILES string of the molecule is CN(C)C(=O)c1cccc(-c2ccc3nc(-c4ccccc4)n(-c4ccc(C5(N)CCC5)cc4)c3n2)c1.Cl. The number of halogens is 1. The van der Waals surface area contributed by atoms with Gasteiger partial charge in [0.2, 0.25) is 0 Å². The molecule has 2 heterocycles. The molecule has 1 fully saturated rings. The zero-order valence-electron chi connectivity index (χ0n) is 21.5. The highest BCUT2D eigenvalue weighted by Crippen LogP contribution is 2.39. The second-order valence-electron chi connectivity index (χ2n) is 10.0. The Balaban J connectivity index is 0.00000294. The normalized spacial score (nSPS) is 14.0. The Morgan fingerprint density at radius 1 is 0.868 bits per heavy atom. The average molecular weight is 524 g/mol. The largest absolute Gasteiger partial charge is 0.345 e. The van der Waals surface area contributed by atoms with Crippen molar-refractivity contribution in [3.8, 4) is 28.3 Å². The van der Waals surface area contributed by atoms with E-state index >= 15 is 0 Å². The van der Waals surface area contributed by atoms with Gasteiger partial charge in [-0.3, -0.25) is 9.36 Å². The molecule has 1 amide bonds. The summed E-state index contributed by atoms with van der Waals surface area (Å²) in [4.78, 5) is 24.2. The number of nitrogens with zero attached hydrogens (tertiary/aromatic N) is 4. The van der Waals surface area contributed by atoms with Gasteiger partial charge in [-0.05, 0) is 61.2 Å². The maximum atomic E-state index is 12.5. The van der Waals surface area contributed by atoms with Crippen LogP contribution in [0.25, 0.3) is 39.5 Å². The van der Waals surface area contributed by atoms with E-state index in [9.17, 15) is 4.79 Å². The number of imidazole rings is 1. The molecule has 3 aromatic carbocycles. The Labute approximate surface area is 228 Å². The van der Waals surface area contributed by atoms with Crippen LogP contribution >= 0.6 is 12.4 Å². The summed E-state index contributed by atoms with van der Waals surface area (Å²) in [6.45, 7) is 0. The van der Waals surface area contributed by atoms with E-state index in [1.165, 1.54) is 12.0 Å². The van der Waals surface area contributed by atoms with Crippen molar-refractivity contribution < 1.29 is 4.79 Å². The Morgan fingerprint density at radius 2 is 1.58 bits per heavy atom. The Morgan fingerprint density at radius 3 is 2.24 bits per heavy atom. The predicted octanol–water partition coefficient (Wildman–Crippen LogP) is 6.22. The highest BCUT2D eigenvalue weighted by atomic mass is 35.5. The van der Waals surface area contributed by atoms with Crippen molar-refractivity contribution in [3.05, 3.63) is 102 Å². The van der Waals surface area contributed by atoms with Gasteiger partial charge in [-0.1, -0.05) is 54.6 Å². The number of nitrogens with two attached hydrogens (primary N) is 1. The fourth-order valence-electron chi connectivity index (χ4n) is 5.00. The molecule has 0 atom stereocenters. The lowest BCUT2D eigenvalue weighted by Gasteiger charge is -2.38. The zero-order valence-corrected chi connectivity index (χ0v) is 22.3. The number of fused-ring (bicyclic) bond motifs is 1. The van der Waals surface area contributed by atoms with Crippen LogP contribution in [0, 0.1) is 0 Å². The fourth-order valence-corrected chi connectivity index (χ4v) is 5.00. The first-order valence-electron chi connectivity index (χ1n) is 12.6. The van der Waals surface area contributed by atoms with Crippen LogP contribution in [0.1, 0.15) is 35.2 Å². The summed E-state index contributed by atoms with van der Waals surface area (Å²) in [6, 6.07) is 30.2. The molecule has 7 heteroatoms. The number of aromatic nitrogens is 3. The van der Waals surface area contributed by atoms with Crippen LogP contribution in [-0.2, 0) is 5.54 Å². The van der Waals surface area contributed by atoms with Crippen molar-refractivity contribution >= 4 is 29.5 Å². The third kappa shape index (κ3) is 4.46. The van der Waals surface area contributed by atoms with Crippen LogP contribution in [0.3, 0.4) is 0 Å². The number of amides is 1. The number of hydrogen-bond acceptors (Lipinski definition) is 4. The van der Waals surface area contributed by atoms with Crippen LogP contribution in [0.2, 0.25) is 0 Å². The van der Waals surface area contributed by atoms with E-state index in [4.69, 9.17) is 15.7 Å². The van der Waals surface area contributed by atoms with Gasteiger partial charge in [-0.2, -0.15) is 0 Å². The maximum absolute atomic E-state index is 12.5. The monoisotopic (exact) mass is 523 g/mol. The molecule has 192 valence electrons. The summed E-state index contributed by atoms with van der Waals surface area (Å²) in [5.41, 5.74) is 13.4. The van der Waals surface area contributed by atoms with Gasteiger partial charge < -0.3 is 10.6 Å². The standard InChI is InChI=1S/C31H29N5O.ClH/c1-35(2)30(37)23-11-6-10-22(20-23)26-16-17-27-29(33-26)36(28(34-27)21-8-4-3-5-9-21)25-14-12-24(13-15-25)31(32)18-7-19-31;/h3-6,8-17,20H,7,18-19,32H2,1-2H3;1H. The minimum atomic E-state index is -0.210. The van der Waals surface area contributed by atoms with Crippen molar-refractivity contribution in [2.75, 3.05) is 14.1 Å². The molecule has 6 rings (SSSR count). The topological polar surface area (TPSA) is 77.0 Å². The molecule has 2 N–H and O–H groups in total. The molecular weight excluding hydrogens is 494 g/mol. The van der Waals surface area contributed by atoms with Gasteiger partial charge in [0, 0.05) is 42.0 Å². The minimum Gasteiger partial charge on any atom is -0.345 e. The number of carbonyl (C=O) groups excluding carboxylic acids is 1. The molecule has 0 saturated heterocycles. The van der Waals surface area contributed by atoms with E-state index in [0.717, 1.165) is 52.3 Å². The quantitative estimate of drug-likeness (QED) is 0.297. The molecule has 0 spiro atoms. The highest BCUT2D eigenvalue weighted by Gasteiger charge is 2.34. The number of benzene rings is 3. The van der Waals surface area contributed by atoms with Crippen molar-refractivity contribution in [3.63, 3.8) is 0 Å².